The summed E-state index contributed by atoms with van der Waals surface area (Å²) < 4.78 is 11.1. The lowest BCUT2D eigenvalue weighted by molar-refractivity contribution is -0.384. The molecule has 9 heteroatoms. The lowest BCUT2D eigenvalue weighted by atomic mass is 9.97. The maximum atomic E-state index is 12.9. The highest BCUT2D eigenvalue weighted by atomic mass is 16.6. The minimum Gasteiger partial charge on any atom is -0.465 e. The van der Waals surface area contributed by atoms with Crippen LogP contribution >= 0.6 is 0 Å². The number of rotatable bonds is 6. The van der Waals surface area contributed by atoms with Gasteiger partial charge < -0.3 is 9.47 Å². The van der Waals surface area contributed by atoms with Gasteiger partial charge in [-0.3, -0.25) is 10.1 Å². The summed E-state index contributed by atoms with van der Waals surface area (Å²) in [5, 5.41) is 16.4. The van der Waals surface area contributed by atoms with Crippen LogP contribution in [0, 0.1) is 17.0 Å². The van der Waals surface area contributed by atoms with Crippen LogP contribution in [0.1, 0.15) is 26.4 Å². The van der Waals surface area contributed by atoms with Gasteiger partial charge in [0, 0.05) is 6.07 Å². The van der Waals surface area contributed by atoms with Crippen LogP contribution in [0.15, 0.2) is 72.8 Å². The van der Waals surface area contributed by atoms with E-state index in [4.69, 9.17) is 9.47 Å². The van der Waals surface area contributed by atoms with Crippen LogP contribution < -0.4 is 0 Å². The zero-order valence-electron chi connectivity index (χ0n) is 19.2. The summed E-state index contributed by atoms with van der Waals surface area (Å²) in [5.74, 6) is -1.72. The topological polar surface area (TPSA) is 114 Å². The molecule has 0 atom stereocenters. The number of ether oxygens (including phenoxy) is 2. The number of carbonyl (C=O) groups is 2. The van der Waals surface area contributed by atoms with E-state index in [0.717, 1.165) is 18.2 Å². The highest BCUT2D eigenvalue weighted by Gasteiger charge is 2.34. The number of para-hydroxylation sites is 1. The maximum absolute atomic E-state index is 12.9. The summed E-state index contributed by atoms with van der Waals surface area (Å²) in [4.78, 5) is 37.1. The molecule has 0 aliphatic heterocycles. The number of nitro benzene ring substituents is 1. The number of benzene rings is 3. The molecule has 0 spiro atoms. The Hall–Kier alpha value is -4.79. The SMILES string of the molecule is COC(=O)c1c(-c2cc(-c3ccc(C)cc3)ccc2[N+](=O)[O-])nn(-c2ccccc2)c1C(=O)OC. The van der Waals surface area contributed by atoms with E-state index in [1.54, 1.807) is 42.5 Å². The van der Waals surface area contributed by atoms with Gasteiger partial charge in [-0.05, 0) is 42.3 Å². The van der Waals surface area contributed by atoms with E-state index in [9.17, 15) is 19.7 Å². The van der Waals surface area contributed by atoms with Crippen LogP contribution in [-0.4, -0.2) is 40.9 Å². The van der Waals surface area contributed by atoms with E-state index in [2.05, 4.69) is 5.10 Å². The molecule has 4 rings (SSSR count). The molecular weight excluding hydrogens is 450 g/mol. The second-order valence-electron chi connectivity index (χ2n) is 7.66. The molecule has 0 unspecified atom stereocenters. The maximum Gasteiger partial charge on any atom is 0.357 e. The van der Waals surface area contributed by atoms with Gasteiger partial charge >= 0.3 is 11.9 Å². The lowest BCUT2D eigenvalue weighted by Crippen LogP contribution is -2.15. The number of nitrogens with zero attached hydrogens (tertiary/aromatic N) is 3. The van der Waals surface area contributed by atoms with Gasteiger partial charge in [0.1, 0.15) is 11.3 Å². The van der Waals surface area contributed by atoms with Gasteiger partial charge in [-0.15, -0.1) is 0 Å². The van der Waals surface area contributed by atoms with Crippen LogP contribution in [-0.2, 0) is 9.47 Å². The smallest absolute Gasteiger partial charge is 0.357 e. The molecular formula is C26H21N3O6. The Morgan fingerprint density at radius 2 is 1.51 bits per heavy atom. The predicted octanol–water partition coefficient (Wildman–Crippen LogP) is 5.00. The molecule has 1 heterocycles. The molecule has 0 amide bonds. The molecule has 3 aromatic carbocycles. The largest absolute Gasteiger partial charge is 0.465 e. The number of aromatic nitrogens is 2. The summed E-state index contributed by atoms with van der Waals surface area (Å²) in [6.45, 7) is 1.96. The summed E-state index contributed by atoms with van der Waals surface area (Å²) in [5.41, 5.74) is 2.31. The van der Waals surface area contributed by atoms with Gasteiger partial charge in [-0.1, -0.05) is 48.0 Å². The molecule has 176 valence electrons. The minimum atomic E-state index is -0.877. The summed E-state index contributed by atoms with van der Waals surface area (Å²) in [7, 11) is 2.33. The number of hydrogen-bond acceptors (Lipinski definition) is 7. The van der Waals surface area contributed by atoms with Crippen molar-refractivity contribution in [3.8, 4) is 28.1 Å². The van der Waals surface area contributed by atoms with Crippen molar-refractivity contribution in [2.45, 2.75) is 6.92 Å². The van der Waals surface area contributed by atoms with Gasteiger partial charge in [0.15, 0.2) is 5.69 Å². The first kappa shape index (κ1) is 23.4. The molecule has 0 fully saturated rings. The summed E-state index contributed by atoms with van der Waals surface area (Å²) in [6.07, 6.45) is 0. The second-order valence-corrected chi connectivity index (χ2v) is 7.66. The van der Waals surface area contributed by atoms with E-state index >= 15 is 0 Å². The van der Waals surface area contributed by atoms with Crippen LogP contribution in [0.4, 0.5) is 5.69 Å². The highest BCUT2D eigenvalue weighted by Crippen LogP contribution is 2.37. The second kappa shape index (κ2) is 9.60. The fraction of sp³-hybridized carbons (Fsp3) is 0.115. The molecule has 0 bridgehead atoms. The van der Waals surface area contributed by atoms with Crippen LogP contribution in [0.5, 0.6) is 0 Å². The first-order valence-electron chi connectivity index (χ1n) is 10.6. The summed E-state index contributed by atoms with van der Waals surface area (Å²) in [6, 6.07) is 20.8. The van der Waals surface area contributed by atoms with Crippen LogP contribution in [0.25, 0.3) is 28.1 Å². The third-order valence-electron chi connectivity index (χ3n) is 5.49. The van der Waals surface area contributed by atoms with Gasteiger partial charge in [-0.2, -0.15) is 5.10 Å². The van der Waals surface area contributed by atoms with Crippen molar-refractivity contribution in [3.05, 3.63) is 99.7 Å². The number of methoxy groups -OCH3 is 2. The molecule has 4 aromatic rings. The molecule has 9 nitrogen and oxygen atoms in total. The van der Waals surface area contributed by atoms with Crippen molar-refractivity contribution in [3.63, 3.8) is 0 Å². The minimum absolute atomic E-state index is 0.0632. The molecule has 0 saturated carbocycles. The Morgan fingerprint density at radius 3 is 2.11 bits per heavy atom. The zero-order chi connectivity index (χ0) is 25.1. The Balaban J connectivity index is 2.07. The highest BCUT2D eigenvalue weighted by molar-refractivity contribution is 6.07. The fourth-order valence-corrected chi connectivity index (χ4v) is 3.75. The van der Waals surface area contributed by atoms with E-state index in [1.807, 2.05) is 31.2 Å². The van der Waals surface area contributed by atoms with Crippen LogP contribution in [0.2, 0.25) is 0 Å². The van der Waals surface area contributed by atoms with Crippen molar-refractivity contribution < 1.29 is 24.0 Å². The molecule has 35 heavy (non-hydrogen) atoms. The average Bonchev–Trinajstić information content (AvgIpc) is 3.29. The lowest BCUT2D eigenvalue weighted by Gasteiger charge is -2.08. The molecule has 0 N–H and O–H groups in total. The normalized spacial score (nSPS) is 10.6. The number of aryl methyl sites for hydroxylation is 1. The number of hydrogen-bond donors (Lipinski definition) is 0. The number of esters is 2. The zero-order valence-corrected chi connectivity index (χ0v) is 19.2. The first-order chi connectivity index (χ1) is 16.8. The van der Waals surface area contributed by atoms with Crippen molar-refractivity contribution in [2.24, 2.45) is 0 Å². The molecule has 1 aromatic heterocycles. The molecule has 0 saturated heterocycles. The van der Waals surface area contributed by atoms with E-state index < -0.39 is 16.9 Å². The average molecular weight is 471 g/mol. The van der Waals surface area contributed by atoms with Crippen molar-refractivity contribution >= 4 is 17.6 Å². The van der Waals surface area contributed by atoms with Gasteiger partial charge in [-0.25, -0.2) is 14.3 Å². The van der Waals surface area contributed by atoms with E-state index in [-0.39, 0.29) is 28.2 Å². The Labute approximate surface area is 200 Å². The third kappa shape index (κ3) is 4.39. The quantitative estimate of drug-likeness (QED) is 0.221. The number of carbonyl (C=O) groups excluding carboxylic acids is 2. The van der Waals surface area contributed by atoms with Crippen molar-refractivity contribution in [1.82, 2.24) is 9.78 Å². The molecule has 0 radical (unpaired) electrons. The van der Waals surface area contributed by atoms with Gasteiger partial charge in [0.25, 0.3) is 5.69 Å². The molecule has 0 aliphatic carbocycles. The standard InChI is InChI=1S/C26H21N3O6/c1-16-9-11-17(12-10-16)18-13-14-21(29(32)33)20(15-18)23-22(25(30)34-2)24(26(31)35-3)28(27-23)19-7-5-4-6-8-19/h4-15H,1-3H3. The fourth-order valence-electron chi connectivity index (χ4n) is 3.75. The number of nitro groups is 1. The van der Waals surface area contributed by atoms with Gasteiger partial charge in [0.2, 0.25) is 0 Å². The summed E-state index contributed by atoms with van der Waals surface area (Å²) >= 11 is 0. The van der Waals surface area contributed by atoms with E-state index in [0.29, 0.717) is 11.3 Å². The molecule has 0 aliphatic rings. The Kier molecular flexibility index (Phi) is 6.41. The van der Waals surface area contributed by atoms with Crippen LogP contribution in [0.3, 0.4) is 0 Å². The first-order valence-corrected chi connectivity index (χ1v) is 10.6. The Morgan fingerprint density at radius 1 is 0.886 bits per heavy atom. The predicted molar refractivity (Wildman–Crippen MR) is 129 cm³/mol. The van der Waals surface area contributed by atoms with Crippen molar-refractivity contribution in [1.29, 1.82) is 0 Å². The van der Waals surface area contributed by atoms with Crippen molar-refractivity contribution in [2.75, 3.05) is 14.2 Å². The Bertz CT molecular complexity index is 1430. The monoisotopic (exact) mass is 471 g/mol. The third-order valence-corrected chi connectivity index (χ3v) is 5.49. The van der Waals surface area contributed by atoms with E-state index in [1.165, 1.54) is 17.9 Å². The van der Waals surface area contributed by atoms with Gasteiger partial charge in [0.05, 0.1) is 30.4 Å².